The highest BCUT2D eigenvalue weighted by atomic mass is 31.2. The van der Waals surface area contributed by atoms with Crippen molar-refractivity contribution in [2.24, 2.45) is 0 Å². The lowest BCUT2D eigenvalue weighted by Crippen LogP contribution is -2.28. The van der Waals surface area contributed by atoms with Gasteiger partial charge in [0.05, 0.1) is 12.5 Å². The van der Waals surface area contributed by atoms with Gasteiger partial charge in [-0.05, 0) is 64.4 Å². The molecule has 0 amide bonds. The quantitative estimate of drug-likeness (QED) is 0.0230. The van der Waals surface area contributed by atoms with Crippen LogP contribution in [0.15, 0.2) is 97.7 Å². The Bertz CT molecular complexity index is 1040. The van der Waals surface area contributed by atoms with Gasteiger partial charge in [0, 0.05) is 6.42 Å². The van der Waals surface area contributed by atoms with E-state index in [4.69, 9.17) is 18.5 Å². The number of hydrogen-bond donors (Lipinski definition) is 2. The second-order valence-electron chi connectivity index (χ2n) is 12.5. The Morgan fingerprint density at radius 2 is 1.22 bits per heavy atom. The van der Waals surface area contributed by atoms with Crippen molar-refractivity contribution in [3.05, 3.63) is 97.7 Å². The van der Waals surface area contributed by atoms with E-state index in [1.807, 2.05) is 19.1 Å². The van der Waals surface area contributed by atoms with E-state index in [1.54, 1.807) is 6.26 Å². The van der Waals surface area contributed by atoms with Gasteiger partial charge in [0.25, 0.3) is 0 Å². The Labute approximate surface area is 306 Å². The zero-order valence-electron chi connectivity index (χ0n) is 31.3. The number of hydrogen-bond acceptors (Lipinski definition) is 7. The third-order valence-electron chi connectivity index (χ3n) is 7.89. The Morgan fingerprint density at radius 3 is 1.74 bits per heavy atom. The summed E-state index contributed by atoms with van der Waals surface area (Å²) in [5.74, 6) is -0.338. The molecule has 0 radical (unpaired) electrons. The van der Waals surface area contributed by atoms with E-state index in [2.05, 4.69) is 78.8 Å². The SMILES string of the molecule is CC=CCC=CCC=CCC=CCC=CCC=CCCC(=O)OC(COC=CCCCCCCCCCCCCCC)CO[P+]1(O)NC=CO1. The molecule has 7 nitrogen and oxygen atoms in total. The van der Waals surface area contributed by atoms with Gasteiger partial charge in [-0.1, -0.05) is 150 Å². The first-order chi connectivity index (χ1) is 24.6. The molecule has 0 fully saturated rings. The molecule has 0 aromatic rings. The van der Waals surface area contributed by atoms with Crippen molar-refractivity contribution in [2.75, 3.05) is 13.2 Å². The summed E-state index contributed by atoms with van der Waals surface area (Å²) in [7, 11) is -3.20. The Kier molecular flexibility index (Phi) is 31.2. The van der Waals surface area contributed by atoms with Crippen molar-refractivity contribution in [3.63, 3.8) is 0 Å². The molecule has 0 bridgehead atoms. The molecule has 0 spiro atoms. The molecule has 0 saturated heterocycles. The average molecular weight is 715 g/mol. The number of rotatable bonds is 33. The number of carbonyl (C=O) groups is 1. The molecule has 1 aliphatic rings. The Morgan fingerprint density at radius 1 is 0.700 bits per heavy atom. The lowest BCUT2D eigenvalue weighted by Gasteiger charge is -2.18. The van der Waals surface area contributed by atoms with Gasteiger partial charge in [0.2, 0.25) is 0 Å². The summed E-state index contributed by atoms with van der Waals surface area (Å²) in [5.41, 5.74) is 0. The minimum absolute atomic E-state index is 0.0445. The number of allylic oxidation sites excluding steroid dienone is 13. The van der Waals surface area contributed by atoms with Crippen LogP contribution < -0.4 is 5.09 Å². The molecule has 2 N–H and O–H groups in total. The first-order valence-electron chi connectivity index (χ1n) is 19.3. The summed E-state index contributed by atoms with van der Waals surface area (Å²) >= 11 is 0. The minimum atomic E-state index is -3.20. The zero-order valence-corrected chi connectivity index (χ0v) is 32.2. The second kappa shape index (κ2) is 34.6. The predicted octanol–water partition coefficient (Wildman–Crippen LogP) is 12.4. The molecular formula is C42H69NO6P+. The fourth-order valence-corrected chi connectivity index (χ4v) is 6.04. The van der Waals surface area contributed by atoms with E-state index in [0.29, 0.717) is 6.42 Å². The van der Waals surface area contributed by atoms with Crippen LogP contribution in [0.3, 0.4) is 0 Å². The van der Waals surface area contributed by atoms with Crippen LogP contribution in [0.2, 0.25) is 0 Å². The fraction of sp³-hybridized carbons (Fsp3) is 0.595. The fourth-order valence-electron chi connectivity index (χ4n) is 5.00. The van der Waals surface area contributed by atoms with E-state index in [0.717, 1.165) is 44.9 Å². The van der Waals surface area contributed by atoms with Crippen LogP contribution in [0.1, 0.15) is 142 Å². The summed E-state index contributed by atoms with van der Waals surface area (Å²) in [5, 5.41) is 2.68. The van der Waals surface area contributed by atoms with Crippen molar-refractivity contribution in [2.45, 2.75) is 148 Å². The topological polar surface area (TPSA) is 86.3 Å². The third kappa shape index (κ3) is 30.0. The molecular weight excluding hydrogens is 645 g/mol. The van der Waals surface area contributed by atoms with Crippen LogP contribution in [-0.4, -0.2) is 30.2 Å². The predicted molar refractivity (Wildman–Crippen MR) is 212 cm³/mol. The smallest absolute Gasteiger partial charge is 0.498 e. The number of unbranched alkanes of at least 4 members (excludes halogenated alkanes) is 12. The molecule has 8 heteroatoms. The number of nitrogens with one attached hydrogen (secondary N) is 1. The molecule has 1 heterocycles. The normalized spacial score (nSPS) is 17.1. The van der Waals surface area contributed by atoms with Crippen LogP contribution in [0, 0.1) is 0 Å². The Hall–Kier alpha value is -2.86. The van der Waals surface area contributed by atoms with Gasteiger partial charge in [-0.25, -0.2) is 0 Å². The molecule has 0 aromatic heterocycles. The van der Waals surface area contributed by atoms with Crippen LogP contribution in [0.4, 0.5) is 0 Å². The molecule has 2 unspecified atom stereocenters. The average Bonchev–Trinajstić information content (AvgIpc) is 3.56. The van der Waals surface area contributed by atoms with E-state index in [9.17, 15) is 9.69 Å². The first kappa shape index (κ1) is 45.2. The van der Waals surface area contributed by atoms with Crippen molar-refractivity contribution in [3.8, 4) is 0 Å². The lowest BCUT2D eigenvalue weighted by molar-refractivity contribution is -0.153. The van der Waals surface area contributed by atoms with Gasteiger partial charge in [0.1, 0.15) is 13.2 Å². The van der Waals surface area contributed by atoms with Gasteiger partial charge in [0.15, 0.2) is 12.4 Å². The van der Waals surface area contributed by atoms with Gasteiger partial charge in [-0.3, -0.25) is 9.32 Å². The summed E-state index contributed by atoms with van der Waals surface area (Å²) in [6.45, 7) is 4.39. The second-order valence-corrected chi connectivity index (χ2v) is 14.3. The maximum absolute atomic E-state index is 12.5. The Balaban J connectivity index is 2.20. The number of ether oxygens (including phenoxy) is 2. The molecule has 0 aliphatic carbocycles. The summed E-state index contributed by atoms with van der Waals surface area (Å²) in [6, 6.07) is 0. The lowest BCUT2D eigenvalue weighted by atomic mass is 10.0. The van der Waals surface area contributed by atoms with E-state index >= 15 is 0 Å². The van der Waals surface area contributed by atoms with Crippen molar-refractivity contribution < 1.29 is 28.2 Å². The highest BCUT2D eigenvalue weighted by Crippen LogP contribution is 2.55. The largest absolute Gasteiger partial charge is 0.570 e. The minimum Gasteiger partial charge on any atom is -0.498 e. The van der Waals surface area contributed by atoms with E-state index in [-0.39, 0.29) is 25.6 Å². The monoisotopic (exact) mass is 714 g/mol. The number of carbonyl (C=O) groups excluding carboxylic acids is 1. The van der Waals surface area contributed by atoms with E-state index in [1.165, 1.54) is 83.1 Å². The maximum atomic E-state index is 12.5. The summed E-state index contributed by atoms with van der Waals surface area (Å²) in [4.78, 5) is 22.9. The van der Waals surface area contributed by atoms with Gasteiger partial charge in [-0.2, -0.15) is 9.98 Å². The van der Waals surface area contributed by atoms with Crippen LogP contribution in [0.5, 0.6) is 0 Å². The maximum Gasteiger partial charge on any atom is 0.570 e. The third-order valence-corrected chi connectivity index (χ3v) is 9.27. The van der Waals surface area contributed by atoms with Gasteiger partial charge < -0.3 is 9.47 Å². The van der Waals surface area contributed by atoms with Crippen molar-refractivity contribution >= 4 is 14.1 Å². The van der Waals surface area contributed by atoms with E-state index < -0.39 is 14.2 Å². The molecule has 50 heavy (non-hydrogen) atoms. The summed E-state index contributed by atoms with van der Waals surface area (Å²) < 4.78 is 22.0. The highest BCUT2D eigenvalue weighted by molar-refractivity contribution is 7.58. The van der Waals surface area contributed by atoms with Crippen molar-refractivity contribution in [1.82, 2.24) is 5.09 Å². The summed E-state index contributed by atoms with van der Waals surface area (Å²) in [6.07, 6.45) is 53.9. The van der Waals surface area contributed by atoms with Gasteiger partial charge in [-0.15, -0.1) is 4.52 Å². The first-order valence-corrected chi connectivity index (χ1v) is 20.9. The molecule has 1 aliphatic heterocycles. The standard InChI is InChI=1S/C42H69NO6P/c1-3-5-7-9-11-13-15-17-19-20-21-22-23-25-27-29-31-33-35-42(44)49-41(40-48-50(45)43-36-38-47-50)39-46-37-34-32-30-28-26-24-18-16-14-12-10-8-6-4-2/h3,5,9,11,15,17,20-21,23,25,29,31,34,36-38,41,43,45H,4,6-8,10,12-14,16,18-19,22,24,26-28,30,32-33,35,39-40H2,1-2H3/q+1. The molecule has 282 valence electrons. The van der Waals surface area contributed by atoms with Crippen LogP contribution in [0.25, 0.3) is 0 Å². The molecule has 0 aromatic carbocycles. The van der Waals surface area contributed by atoms with Crippen molar-refractivity contribution in [1.29, 1.82) is 0 Å². The molecule has 2 atom stereocenters. The number of esters is 1. The van der Waals surface area contributed by atoms with Crippen LogP contribution in [-0.2, 0) is 23.3 Å². The molecule has 0 saturated carbocycles. The highest BCUT2D eigenvalue weighted by Gasteiger charge is 2.45. The van der Waals surface area contributed by atoms with Crippen LogP contribution >= 0.6 is 8.09 Å². The zero-order chi connectivity index (χ0) is 36.1. The molecule has 1 rings (SSSR count). The van der Waals surface area contributed by atoms with Gasteiger partial charge >= 0.3 is 14.1 Å².